The van der Waals surface area contributed by atoms with Crippen molar-refractivity contribution >= 4 is 17.9 Å². The van der Waals surface area contributed by atoms with E-state index < -0.39 is 12.0 Å². The smallest absolute Gasteiger partial charge is 0.321 e. The van der Waals surface area contributed by atoms with Crippen molar-refractivity contribution in [2.24, 2.45) is 0 Å². The van der Waals surface area contributed by atoms with Gasteiger partial charge in [-0.15, -0.1) is 0 Å². The summed E-state index contributed by atoms with van der Waals surface area (Å²) in [5.41, 5.74) is 0. The van der Waals surface area contributed by atoms with Crippen LogP contribution in [0.1, 0.15) is 39.5 Å². The molecular formula is C14H23N3O4. The second kappa shape index (κ2) is 6.32. The van der Waals surface area contributed by atoms with Crippen LogP contribution in [0.5, 0.6) is 0 Å². The van der Waals surface area contributed by atoms with E-state index in [2.05, 4.69) is 5.32 Å². The number of nitrogens with zero attached hydrogens (tertiary/aromatic N) is 2. The maximum atomic E-state index is 12.8. The highest BCUT2D eigenvalue weighted by atomic mass is 16.4. The lowest BCUT2D eigenvalue weighted by Crippen LogP contribution is -2.63. The van der Waals surface area contributed by atoms with E-state index in [0.29, 0.717) is 13.1 Å². The molecular weight excluding hydrogens is 274 g/mol. The monoisotopic (exact) mass is 297 g/mol. The van der Waals surface area contributed by atoms with E-state index in [0.717, 1.165) is 19.3 Å². The number of likely N-dealkylation sites (tertiary alicyclic amines) is 1. The number of carbonyl (C=O) groups excluding carboxylic acids is 2. The molecule has 3 amide bonds. The summed E-state index contributed by atoms with van der Waals surface area (Å²) in [7, 11) is 0. The topological polar surface area (TPSA) is 90.0 Å². The number of nitrogens with one attached hydrogen (secondary N) is 1. The lowest BCUT2D eigenvalue weighted by molar-refractivity contribution is -0.142. The molecule has 0 aliphatic carbocycles. The van der Waals surface area contributed by atoms with Crippen LogP contribution in [0.15, 0.2) is 0 Å². The SMILES string of the molecule is C[C@@H]1CCC[C@H](C)N1C(=O)N1CCNC(=O)C1CC(=O)O. The van der Waals surface area contributed by atoms with Crippen molar-refractivity contribution in [1.82, 2.24) is 15.1 Å². The predicted molar refractivity (Wildman–Crippen MR) is 75.8 cm³/mol. The molecule has 0 aromatic heterocycles. The van der Waals surface area contributed by atoms with E-state index >= 15 is 0 Å². The molecule has 0 radical (unpaired) electrons. The zero-order valence-electron chi connectivity index (χ0n) is 12.5. The van der Waals surface area contributed by atoms with E-state index in [4.69, 9.17) is 5.11 Å². The van der Waals surface area contributed by atoms with Gasteiger partial charge in [0, 0.05) is 25.2 Å². The lowest BCUT2D eigenvalue weighted by atomic mass is 9.97. The van der Waals surface area contributed by atoms with Crippen LogP contribution < -0.4 is 5.32 Å². The Kier molecular flexibility index (Phi) is 4.69. The van der Waals surface area contributed by atoms with E-state index in [1.54, 1.807) is 4.90 Å². The number of rotatable bonds is 2. The number of carboxylic acid groups (broad SMARTS) is 1. The Morgan fingerprint density at radius 2 is 1.90 bits per heavy atom. The van der Waals surface area contributed by atoms with Crippen molar-refractivity contribution in [1.29, 1.82) is 0 Å². The van der Waals surface area contributed by atoms with Gasteiger partial charge in [-0.3, -0.25) is 9.59 Å². The van der Waals surface area contributed by atoms with Gasteiger partial charge in [0.05, 0.1) is 6.42 Å². The Labute approximate surface area is 124 Å². The zero-order valence-corrected chi connectivity index (χ0v) is 12.5. The molecule has 2 heterocycles. The molecule has 7 nitrogen and oxygen atoms in total. The molecule has 2 N–H and O–H groups in total. The van der Waals surface area contributed by atoms with Gasteiger partial charge in [-0.2, -0.15) is 0 Å². The first-order valence-electron chi connectivity index (χ1n) is 7.50. The number of piperazine rings is 1. The number of urea groups is 1. The van der Waals surface area contributed by atoms with Crippen LogP contribution in [0, 0.1) is 0 Å². The maximum Gasteiger partial charge on any atom is 0.321 e. The fourth-order valence-corrected chi connectivity index (χ4v) is 3.26. The van der Waals surface area contributed by atoms with Crippen LogP contribution in [0.25, 0.3) is 0 Å². The fourth-order valence-electron chi connectivity index (χ4n) is 3.26. The molecule has 0 spiro atoms. The van der Waals surface area contributed by atoms with E-state index in [1.165, 1.54) is 4.90 Å². The van der Waals surface area contributed by atoms with E-state index in [-0.39, 0.29) is 30.4 Å². The minimum Gasteiger partial charge on any atom is -0.481 e. The van der Waals surface area contributed by atoms with Gasteiger partial charge in [-0.05, 0) is 33.1 Å². The maximum absolute atomic E-state index is 12.8. The first-order chi connectivity index (χ1) is 9.91. The first-order valence-corrected chi connectivity index (χ1v) is 7.50. The van der Waals surface area contributed by atoms with Crippen molar-refractivity contribution in [3.05, 3.63) is 0 Å². The van der Waals surface area contributed by atoms with Crippen LogP contribution in [0.2, 0.25) is 0 Å². The number of carboxylic acids is 1. The summed E-state index contributed by atoms with van der Waals surface area (Å²) in [4.78, 5) is 38.9. The minimum atomic E-state index is -1.07. The Bertz CT molecular complexity index is 430. The van der Waals surface area contributed by atoms with Crippen LogP contribution in [-0.2, 0) is 9.59 Å². The van der Waals surface area contributed by atoms with Crippen molar-refractivity contribution in [2.75, 3.05) is 13.1 Å². The van der Waals surface area contributed by atoms with Crippen molar-refractivity contribution in [3.63, 3.8) is 0 Å². The molecule has 0 saturated carbocycles. The number of hydrogen-bond acceptors (Lipinski definition) is 3. The van der Waals surface area contributed by atoms with Gasteiger partial charge in [0.2, 0.25) is 5.91 Å². The lowest BCUT2D eigenvalue weighted by Gasteiger charge is -2.44. The van der Waals surface area contributed by atoms with Gasteiger partial charge in [0.15, 0.2) is 0 Å². The largest absolute Gasteiger partial charge is 0.481 e. The second-order valence-electron chi connectivity index (χ2n) is 5.92. The highest BCUT2D eigenvalue weighted by Gasteiger charge is 2.39. The zero-order chi connectivity index (χ0) is 15.6. The number of carbonyl (C=O) groups is 3. The molecule has 0 bridgehead atoms. The average Bonchev–Trinajstić information content (AvgIpc) is 2.40. The third kappa shape index (κ3) is 3.28. The van der Waals surface area contributed by atoms with Crippen LogP contribution in [0.3, 0.4) is 0 Å². The van der Waals surface area contributed by atoms with Gasteiger partial charge in [0.25, 0.3) is 0 Å². The summed E-state index contributed by atoms with van der Waals surface area (Å²) in [6.07, 6.45) is 2.62. The molecule has 2 aliphatic heterocycles. The summed E-state index contributed by atoms with van der Waals surface area (Å²) in [6.45, 7) is 4.74. The van der Waals surface area contributed by atoms with Crippen LogP contribution >= 0.6 is 0 Å². The Balaban J connectivity index is 2.17. The predicted octanol–water partition coefficient (Wildman–Crippen LogP) is 0.644. The number of piperidine rings is 1. The number of hydrogen-bond donors (Lipinski definition) is 2. The van der Waals surface area contributed by atoms with Crippen molar-refractivity contribution < 1.29 is 19.5 Å². The standard InChI is InChI=1S/C14H23N3O4/c1-9-4-3-5-10(2)17(9)14(21)16-7-6-15-13(20)11(16)8-12(18)19/h9-11H,3-8H2,1-2H3,(H,15,20)(H,18,19)/t9-,10+,11?. The van der Waals surface area contributed by atoms with Crippen molar-refractivity contribution in [3.8, 4) is 0 Å². The van der Waals surface area contributed by atoms with E-state index in [1.807, 2.05) is 13.8 Å². The number of amides is 3. The van der Waals surface area contributed by atoms with Gasteiger partial charge < -0.3 is 20.2 Å². The van der Waals surface area contributed by atoms with Gasteiger partial charge in [0.1, 0.15) is 6.04 Å². The summed E-state index contributed by atoms with van der Waals surface area (Å²) in [5.74, 6) is -1.45. The normalized spacial score (nSPS) is 30.0. The van der Waals surface area contributed by atoms with Gasteiger partial charge in [-0.1, -0.05) is 0 Å². The molecule has 2 aliphatic rings. The third-order valence-corrected chi connectivity index (χ3v) is 4.36. The molecule has 7 heteroatoms. The molecule has 2 rings (SSSR count). The molecule has 2 fully saturated rings. The van der Waals surface area contributed by atoms with Crippen LogP contribution in [0.4, 0.5) is 4.79 Å². The fraction of sp³-hybridized carbons (Fsp3) is 0.786. The summed E-state index contributed by atoms with van der Waals surface area (Å²) >= 11 is 0. The molecule has 3 atom stereocenters. The Hall–Kier alpha value is -1.79. The molecule has 0 aromatic rings. The molecule has 118 valence electrons. The summed E-state index contributed by atoms with van der Waals surface area (Å²) in [5, 5.41) is 11.6. The van der Waals surface area contributed by atoms with Crippen molar-refractivity contribution in [2.45, 2.75) is 57.7 Å². The van der Waals surface area contributed by atoms with Crippen LogP contribution in [-0.4, -0.2) is 64.0 Å². The van der Waals surface area contributed by atoms with Gasteiger partial charge >= 0.3 is 12.0 Å². The first kappa shape index (κ1) is 15.6. The summed E-state index contributed by atoms with van der Waals surface area (Å²) < 4.78 is 0. The highest BCUT2D eigenvalue weighted by Crippen LogP contribution is 2.25. The highest BCUT2D eigenvalue weighted by molar-refractivity contribution is 5.91. The third-order valence-electron chi connectivity index (χ3n) is 4.36. The minimum absolute atomic E-state index is 0.122. The molecule has 0 aromatic carbocycles. The second-order valence-corrected chi connectivity index (χ2v) is 5.92. The Morgan fingerprint density at radius 3 is 2.48 bits per heavy atom. The molecule has 21 heavy (non-hydrogen) atoms. The quantitative estimate of drug-likeness (QED) is 0.783. The van der Waals surface area contributed by atoms with E-state index in [9.17, 15) is 14.4 Å². The number of aliphatic carboxylic acids is 1. The van der Waals surface area contributed by atoms with Gasteiger partial charge in [-0.25, -0.2) is 4.79 Å². The molecule has 1 unspecified atom stereocenters. The average molecular weight is 297 g/mol. The Morgan fingerprint density at radius 1 is 1.29 bits per heavy atom. The molecule has 2 saturated heterocycles. The summed E-state index contributed by atoms with van der Waals surface area (Å²) in [6, 6.07) is -0.880.